The van der Waals surface area contributed by atoms with Crippen LogP contribution in [-0.4, -0.2) is 36.4 Å². The van der Waals surface area contributed by atoms with Crippen molar-refractivity contribution < 1.29 is 24.2 Å². The van der Waals surface area contributed by atoms with Gasteiger partial charge in [-0.05, 0) is 51.4 Å². The lowest BCUT2D eigenvalue weighted by molar-refractivity contribution is -0.161. The second-order valence-corrected chi connectivity index (χ2v) is 20.8. The van der Waals surface area contributed by atoms with Crippen molar-refractivity contribution in [3.63, 3.8) is 0 Å². The lowest BCUT2D eigenvalue weighted by atomic mass is 10.0. The van der Waals surface area contributed by atoms with Crippen molar-refractivity contribution in [3.05, 3.63) is 48.6 Å². The SMILES string of the molecule is CC/C=C\C/C=C\C/C=C\C/C=C\CCCCCCCCCCCCC(=O)OC(CO)COC(=O)CCCCCCCCCCCCCCCCCCCCCCCCCCCCCCCCCC. The van der Waals surface area contributed by atoms with E-state index in [9.17, 15) is 14.7 Å². The monoisotopic (exact) mass is 967 g/mol. The fourth-order valence-corrected chi connectivity index (χ4v) is 9.32. The first-order valence-corrected chi connectivity index (χ1v) is 30.7. The molecule has 0 aliphatic carbocycles. The van der Waals surface area contributed by atoms with E-state index in [1.807, 2.05) is 0 Å². The summed E-state index contributed by atoms with van der Waals surface area (Å²) in [6.07, 6.45) is 79.7. The van der Waals surface area contributed by atoms with E-state index in [0.29, 0.717) is 12.8 Å². The number of allylic oxidation sites excluding steroid dienone is 8. The molecule has 0 aromatic heterocycles. The molecule has 1 N–H and O–H groups in total. The maximum absolute atomic E-state index is 12.3. The summed E-state index contributed by atoms with van der Waals surface area (Å²) in [6, 6.07) is 0. The highest BCUT2D eigenvalue weighted by Crippen LogP contribution is 2.18. The Labute approximate surface area is 430 Å². The smallest absolute Gasteiger partial charge is 0.306 e. The van der Waals surface area contributed by atoms with E-state index >= 15 is 0 Å². The van der Waals surface area contributed by atoms with Crippen LogP contribution in [0.3, 0.4) is 0 Å². The van der Waals surface area contributed by atoms with Gasteiger partial charge in [-0.25, -0.2) is 0 Å². The van der Waals surface area contributed by atoms with Crippen LogP contribution in [0.4, 0.5) is 0 Å². The maximum atomic E-state index is 12.3. The molecular weight excluding hydrogens is 849 g/mol. The van der Waals surface area contributed by atoms with Crippen LogP contribution in [0.2, 0.25) is 0 Å². The summed E-state index contributed by atoms with van der Waals surface area (Å²) in [5.41, 5.74) is 0. The van der Waals surface area contributed by atoms with E-state index in [2.05, 4.69) is 62.5 Å². The number of carbonyl (C=O) groups is 2. The average molecular weight is 968 g/mol. The first-order chi connectivity index (χ1) is 34.1. The van der Waals surface area contributed by atoms with Crippen LogP contribution in [0.5, 0.6) is 0 Å². The normalized spacial score (nSPS) is 12.4. The molecule has 1 atom stereocenters. The predicted octanol–water partition coefficient (Wildman–Crippen LogP) is 20.8. The molecule has 0 saturated heterocycles. The molecule has 0 aromatic carbocycles. The molecular formula is C64H118O5. The highest BCUT2D eigenvalue weighted by Gasteiger charge is 2.16. The zero-order valence-corrected chi connectivity index (χ0v) is 46.3. The molecule has 0 amide bonds. The molecule has 404 valence electrons. The summed E-state index contributed by atoms with van der Waals surface area (Å²) in [5.74, 6) is -0.580. The molecule has 0 radical (unpaired) electrons. The van der Waals surface area contributed by atoms with Crippen molar-refractivity contribution in [2.45, 2.75) is 335 Å². The van der Waals surface area contributed by atoms with E-state index in [1.165, 1.54) is 238 Å². The molecule has 0 saturated carbocycles. The Morgan fingerprint density at radius 2 is 0.623 bits per heavy atom. The number of unbranched alkanes of at least 4 members (excludes halogenated alkanes) is 41. The van der Waals surface area contributed by atoms with Crippen LogP contribution in [0.25, 0.3) is 0 Å². The third kappa shape index (κ3) is 58.3. The summed E-state index contributed by atoms with van der Waals surface area (Å²) in [7, 11) is 0. The average Bonchev–Trinajstić information content (AvgIpc) is 3.35. The Morgan fingerprint density at radius 3 is 0.942 bits per heavy atom. The molecule has 0 heterocycles. The van der Waals surface area contributed by atoms with Crippen LogP contribution < -0.4 is 0 Å². The van der Waals surface area contributed by atoms with Crippen LogP contribution in [0, 0.1) is 0 Å². The molecule has 0 spiro atoms. The lowest BCUT2D eigenvalue weighted by Gasteiger charge is -2.15. The van der Waals surface area contributed by atoms with E-state index in [0.717, 1.165) is 64.2 Å². The minimum atomic E-state index is -0.774. The summed E-state index contributed by atoms with van der Waals surface area (Å²) in [6.45, 7) is 4.07. The maximum Gasteiger partial charge on any atom is 0.306 e. The van der Waals surface area contributed by atoms with E-state index in [1.54, 1.807) is 0 Å². The highest BCUT2D eigenvalue weighted by atomic mass is 16.6. The number of aliphatic hydroxyl groups is 1. The van der Waals surface area contributed by atoms with E-state index < -0.39 is 6.10 Å². The Morgan fingerprint density at radius 1 is 0.348 bits per heavy atom. The number of ether oxygens (including phenoxy) is 2. The topological polar surface area (TPSA) is 72.8 Å². The number of esters is 2. The highest BCUT2D eigenvalue weighted by molar-refractivity contribution is 5.70. The fourth-order valence-electron chi connectivity index (χ4n) is 9.32. The number of carbonyl (C=O) groups excluding carboxylic acids is 2. The first-order valence-electron chi connectivity index (χ1n) is 30.7. The third-order valence-electron chi connectivity index (χ3n) is 13.9. The Hall–Kier alpha value is -2.14. The Bertz CT molecular complexity index is 1140. The molecule has 0 aromatic rings. The van der Waals surface area contributed by atoms with Gasteiger partial charge in [0.1, 0.15) is 6.61 Å². The number of hydrogen-bond donors (Lipinski definition) is 1. The molecule has 69 heavy (non-hydrogen) atoms. The van der Waals surface area contributed by atoms with E-state index in [-0.39, 0.29) is 25.2 Å². The Balaban J connectivity index is 3.41. The summed E-state index contributed by atoms with van der Waals surface area (Å²) >= 11 is 0. The number of hydrogen-bond acceptors (Lipinski definition) is 5. The minimum absolute atomic E-state index is 0.0643. The second kappa shape index (κ2) is 60.2. The summed E-state index contributed by atoms with van der Waals surface area (Å²) in [5, 5.41) is 9.67. The quantitative estimate of drug-likeness (QED) is 0.0373. The summed E-state index contributed by atoms with van der Waals surface area (Å²) in [4.78, 5) is 24.6. The van der Waals surface area contributed by atoms with Gasteiger partial charge in [-0.3, -0.25) is 9.59 Å². The molecule has 0 bridgehead atoms. The van der Waals surface area contributed by atoms with Gasteiger partial charge in [0, 0.05) is 12.8 Å². The largest absolute Gasteiger partial charge is 0.462 e. The number of aliphatic hydroxyl groups excluding tert-OH is 1. The van der Waals surface area contributed by atoms with Gasteiger partial charge in [0.2, 0.25) is 0 Å². The van der Waals surface area contributed by atoms with Gasteiger partial charge >= 0.3 is 11.9 Å². The van der Waals surface area contributed by atoms with Gasteiger partial charge in [0.25, 0.3) is 0 Å². The van der Waals surface area contributed by atoms with Crippen molar-refractivity contribution in [2.24, 2.45) is 0 Å². The molecule has 5 heteroatoms. The van der Waals surface area contributed by atoms with Crippen molar-refractivity contribution in [1.82, 2.24) is 0 Å². The Kier molecular flexibility index (Phi) is 58.3. The lowest BCUT2D eigenvalue weighted by Crippen LogP contribution is -2.28. The van der Waals surface area contributed by atoms with Gasteiger partial charge in [-0.15, -0.1) is 0 Å². The van der Waals surface area contributed by atoms with Crippen molar-refractivity contribution >= 4 is 11.9 Å². The van der Waals surface area contributed by atoms with Crippen LogP contribution >= 0.6 is 0 Å². The molecule has 0 fully saturated rings. The van der Waals surface area contributed by atoms with Crippen LogP contribution in [0.1, 0.15) is 328 Å². The minimum Gasteiger partial charge on any atom is -0.462 e. The summed E-state index contributed by atoms with van der Waals surface area (Å²) < 4.78 is 10.7. The van der Waals surface area contributed by atoms with Crippen molar-refractivity contribution in [2.75, 3.05) is 13.2 Å². The molecule has 0 aliphatic rings. The van der Waals surface area contributed by atoms with Gasteiger partial charge in [-0.1, -0.05) is 313 Å². The second-order valence-electron chi connectivity index (χ2n) is 20.8. The van der Waals surface area contributed by atoms with Gasteiger partial charge < -0.3 is 14.6 Å². The van der Waals surface area contributed by atoms with Crippen LogP contribution in [-0.2, 0) is 19.1 Å². The van der Waals surface area contributed by atoms with Crippen molar-refractivity contribution in [1.29, 1.82) is 0 Å². The molecule has 1 unspecified atom stereocenters. The first kappa shape index (κ1) is 66.9. The number of rotatable bonds is 57. The predicted molar refractivity (Wildman–Crippen MR) is 302 cm³/mol. The van der Waals surface area contributed by atoms with Crippen LogP contribution in [0.15, 0.2) is 48.6 Å². The van der Waals surface area contributed by atoms with Gasteiger partial charge in [0.15, 0.2) is 6.10 Å². The van der Waals surface area contributed by atoms with Crippen molar-refractivity contribution in [3.8, 4) is 0 Å². The molecule has 0 rings (SSSR count). The standard InChI is InChI=1S/C64H118O5/c1-3-5-7-9-11-13-15-17-19-21-23-25-27-28-29-30-31-32-33-34-35-37-38-40-42-44-46-48-50-52-54-56-58-63(66)68-61-62(60-65)69-64(67)59-57-55-53-51-49-47-45-43-41-39-36-26-24-22-20-18-16-14-12-10-8-6-4-2/h6,8,12,14,18,20,24,26,62,65H,3-5,7,9-11,13,15-17,19,21-23,25,27-61H2,1-2H3/b8-6-,14-12-,20-18-,26-24-. The zero-order valence-electron chi connectivity index (χ0n) is 46.3. The fraction of sp³-hybridized carbons (Fsp3) is 0.844. The van der Waals surface area contributed by atoms with Gasteiger partial charge in [0.05, 0.1) is 6.61 Å². The van der Waals surface area contributed by atoms with Gasteiger partial charge in [-0.2, -0.15) is 0 Å². The van der Waals surface area contributed by atoms with E-state index in [4.69, 9.17) is 9.47 Å². The molecule has 0 aliphatic heterocycles. The zero-order chi connectivity index (χ0) is 49.9. The third-order valence-corrected chi connectivity index (χ3v) is 13.9. The molecule has 5 nitrogen and oxygen atoms in total.